The SMILES string of the molecule is Oc1c2ccnc-2ncn1CCc1ccco1. The highest BCUT2D eigenvalue weighted by atomic mass is 16.3. The lowest BCUT2D eigenvalue weighted by atomic mass is 10.3. The molecule has 0 aliphatic carbocycles. The number of hydrogen-bond donors (Lipinski definition) is 1. The van der Waals surface area contributed by atoms with Gasteiger partial charge in [0.25, 0.3) is 0 Å². The van der Waals surface area contributed by atoms with Gasteiger partial charge in [-0.05, 0) is 18.2 Å². The standard InChI is InChI=1S/C12H11N3O2/c16-12-10-3-5-13-11(10)14-8-15(12)6-4-9-2-1-7-17-9/h1-3,5,7-8,16H,4,6H2. The van der Waals surface area contributed by atoms with E-state index in [0.717, 1.165) is 5.76 Å². The predicted molar refractivity (Wildman–Crippen MR) is 60.7 cm³/mol. The van der Waals surface area contributed by atoms with Gasteiger partial charge in [-0.3, -0.25) is 0 Å². The summed E-state index contributed by atoms with van der Waals surface area (Å²) >= 11 is 0. The maximum Gasteiger partial charge on any atom is 0.203 e. The molecule has 3 heterocycles. The molecular formula is C12H11N3O2. The third-order valence-corrected chi connectivity index (χ3v) is 2.69. The van der Waals surface area contributed by atoms with E-state index < -0.39 is 0 Å². The number of hydrogen-bond acceptors (Lipinski definition) is 4. The second-order valence-corrected chi connectivity index (χ2v) is 3.77. The summed E-state index contributed by atoms with van der Waals surface area (Å²) in [5, 5.41) is 10.0. The number of fused-ring (bicyclic) bond motifs is 1. The molecule has 0 saturated heterocycles. The molecule has 0 fully saturated rings. The molecule has 1 aromatic heterocycles. The van der Waals surface area contributed by atoms with Crippen LogP contribution < -0.4 is 0 Å². The monoisotopic (exact) mass is 229 g/mol. The van der Waals surface area contributed by atoms with E-state index in [-0.39, 0.29) is 5.88 Å². The van der Waals surface area contributed by atoms with Crippen LogP contribution in [-0.2, 0) is 13.0 Å². The lowest BCUT2D eigenvalue weighted by molar-refractivity contribution is 0.402. The molecule has 0 aromatic carbocycles. The number of nitrogens with zero attached hydrogens (tertiary/aromatic N) is 3. The zero-order valence-electron chi connectivity index (χ0n) is 9.08. The quantitative estimate of drug-likeness (QED) is 0.745. The molecule has 17 heavy (non-hydrogen) atoms. The zero-order chi connectivity index (χ0) is 11.7. The van der Waals surface area contributed by atoms with Crippen molar-refractivity contribution in [1.29, 1.82) is 0 Å². The Morgan fingerprint density at radius 1 is 1.29 bits per heavy atom. The van der Waals surface area contributed by atoms with Gasteiger partial charge in [0.05, 0.1) is 18.2 Å². The third-order valence-electron chi connectivity index (χ3n) is 2.69. The molecule has 0 atom stereocenters. The average Bonchev–Trinajstić information content (AvgIpc) is 2.99. The number of aromatic hydroxyl groups is 1. The van der Waals surface area contributed by atoms with Crippen LogP contribution in [0.4, 0.5) is 0 Å². The van der Waals surface area contributed by atoms with Gasteiger partial charge in [0.15, 0.2) is 5.82 Å². The first-order chi connectivity index (χ1) is 8.34. The highest BCUT2D eigenvalue weighted by Crippen LogP contribution is 2.27. The van der Waals surface area contributed by atoms with Gasteiger partial charge in [-0.2, -0.15) is 0 Å². The molecule has 1 aromatic rings. The summed E-state index contributed by atoms with van der Waals surface area (Å²) in [4.78, 5) is 8.19. The number of rotatable bonds is 3. The number of furan rings is 1. The Morgan fingerprint density at radius 2 is 2.24 bits per heavy atom. The topological polar surface area (TPSA) is 64.1 Å². The maximum absolute atomic E-state index is 10.0. The van der Waals surface area contributed by atoms with Crippen LogP contribution in [0.25, 0.3) is 11.4 Å². The van der Waals surface area contributed by atoms with Gasteiger partial charge < -0.3 is 14.1 Å². The van der Waals surface area contributed by atoms with Crippen LogP contribution in [0.3, 0.4) is 0 Å². The summed E-state index contributed by atoms with van der Waals surface area (Å²) in [6.07, 6.45) is 5.58. The summed E-state index contributed by atoms with van der Waals surface area (Å²) in [6.45, 7) is 0.619. The van der Waals surface area contributed by atoms with Gasteiger partial charge in [0.2, 0.25) is 5.88 Å². The molecule has 1 N–H and O–H groups in total. The summed E-state index contributed by atoms with van der Waals surface area (Å²) < 4.78 is 6.93. The van der Waals surface area contributed by atoms with E-state index in [0.29, 0.717) is 24.4 Å². The molecule has 0 spiro atoms. The fraction of sp³-hybridized carbons (Fsp3) is 0.167. The lowest BCUT2D eigenvalue weighted by Crippen LogP contribution is -2.05. The molecular weight excluding hydrogens is 218 g/mol. The molecule has 0 unspecified atom stereocenters. The first kappa shape index (κ1) is 9.89. The van der Waals surface area contributed by atoms with Crippen LogP contribution >= 0.6 is 0 Å². The van der Waals surface area contributed by atoms with E-state index >= 15 is 0 Å². The molecule has 3 rings (SSSR count). The van der Waals surface area contributed by atoms with Gasteiger partial charge in [0.1, 0.15) is 5.76 Å². The van der Waals surface area contributed by atoms with Crippen molar-refractivity contribution in [2.45, 2.75) is 13.0 Å². The van der Waals surface area contributed by atoms with Gasteiger partial charge in [-0.15, -0.1) is 0 Å². The van der Waals surface area contributed by atoms with Crippen molar-refractivity contribution in [1.82, 2.24) is 14.5 Å². The molecule has 0 radical (unpaired) electrons. The van der Waals surface area contributed by atoms with Crippen LogP contribution in [0.5, 0.6) is 5.88 Å². The Balaban J connectivity index is 1.86. The Hall–Kier alpha value is -2.30. The first-order valence-corrected chi connectivity index (χ1v) is 5.36. The van der Waals surface area contributed by atoms with E-state index in [2.05, 4.69) is 9.97 Å². The highest BCUT2D eigenvalue weighted by molar-refractivity contribution is 5.62. The Kier molecular flexibility index (Phi) is 2.29. The Bertz CT molecular complexity index is 586. The van der Waals surface area contributed by atoms with Gasteiger partial charge in [-0.25, -0.2) is 9.97 Å². The van der Waals surface area contributed by atoms with Gasteiger partial charge in [0, 0.05) is 19.2 Å². The van der Waals surface area contributed by atoms with Crippen LogP contribution in [-0.4, -0.2) is 19.6 Å². The van der Waals surface area contributed by atoms with Gasteiger partial charge >= 0.3 is 0 Å². The molecule has 86 valence electrons. The Morgan fingerprint density at radius 3 is 3.06 bits per heavy atom. The minimum absolute atomic E-state index is 0.194. The van der Waals surface area contributed by atoms with Crippen molar-refractivity contribution in [2.24, 2.45) is 0 Å². The second-order valence-electron chi connectivity index (χ2n) is 3.77. The number of aromatic nitrogens is 3. The van der Waals surface area contributed by atoms with Crippen LogP contribution in [0, 0.1) is 0 Å². The fourth-order valence-corrected chi connectivity index (χ4v) is 1.79. The fourth-order valence-electron chi connectivity index (χ4n) is 1.79. The Labute approximate surface area is 97.7 Å². The van der Waals surface area contributed by atoms with Crippen molar-refractivity contribution in [2.75, 3.05) is 0 Å². The second kappa shape index (κ2) is 3.93. The van der Waals surface area contributed by atoms with Gasteiger partial charge in [-0.1, -0.05) is 0 Å². The van der Waals surface area contributed by atoms with Crippen LogP contribution in [0.1, 0.15) is 5.76 Å². The summed E-state index contributed by atoms with van der Waals surface area (Å²) in [6, 6.07) is 5.51. The van der Waals surface area contributed by atoms with E-state index in [4.69, 9.17) is 4.42 Å². The van der Waals surface area contributed by atoms with E-state index in [1.165, 1.54) is 0 Å². The van der Waals surface area contributed by atoms with E-state index in [1.54, 1.807) is 29.4 Å². The molecule has 0 bridgehead atoms. The smallest absolute Gasteiger partial charge is 0.203 e. The first-order valence-electron chi connectivity index (χ1n) is 5.36. The third kappa shape index (κ3) is 1.75. The minimum atomic E-state index is 0.194. The molecule has 0 saturated carbocycles. The van der Waals surface area contributed by atoms with Crippen molar-refractivity contribution in [3.63, 3.8) is 0 Å². The van der Waals surface area contributed by atoms with Crippen molar-refractivity contribution in [3.8, 4) is 17.3 Å². The minimum Gasteiger partial charge on any atom is -0.494 e. The molecule has 2 aliphatic rings. The average molecular weight is 229 g/mol. The highest BCUT2D eigenvalue weighted by Gasteiger charge is 2.13. The maximum atomic E-state index is 10.0. The molecule has 2 aliphatic heterocycles. The summed E-state index contributed by atoms with van der Waals surface area (Å²) in [7, 11) is 0. The summed E-state index contributed by atoms with van der Waals surface area (Å²) in [5.74, 6) is 1.65. The molecule has 0 amide bonds. The van der Waals surface area contributed by atoms with Crippen molar-refractivity contribution < 1.29 is 9.52 Å². The van der Waals surface area contributed by atoms with Crippen LogP contribution in [0.15, 0.2) is 41.4 Å². The lowest BCUT2D eigenvalue weighted by Gasteiger charge is -2.10. The van der Waals surface area contributed by atoms with E-state index in [1.807, 2.05) is 12.1 Å². The zero-order valence-corrected chi connectivity index (χ0v) is 9.08. The largest absolute Gasteiger partial charge is 0.494 e. The van der Waals surface area contributed by atoms with Crippen LogP contribution in [0.2, 0.25) is 0 Å². The normalized spacial score (nSPS) is 11.1. The predicted octanol–water partition coefficient (Wildman–Crippen LogP) is 1.92. The molecule has 5 nitrogen and oxygen atoms in total. The van der Waals surface area contributed by atoms with Crippen molar-refractivity contribution >= 4 is 0 Å². The number of aryl methyl sites for hydroxylation is 2. The summed E-state index contributed by atoms with van der Waals surface area (Å²) in [5.41, 5.74) is 0.673. The van der Waals surface area contributed by atoms with Crippen molar-refractivity contribution in [3.05, 3.63) is 42.7 Å². The molecule has 5 heteroatoms. The van der Waals surface area contributed by atoms with E-state index in [9.17, 15) is 5.11 Å².